The molecule has 0 radical (unpaired) electrons. The number of ether oxygens (including phenoxy) is 2. The molecule has 0 saturated carbocycles. The standard InChI is InChI=1S/C11H17NO2/c1-13-8-10-7-11(14-2)4-3-9(10)5-6-12/h3-4,7H,5-6,8,12H2,1-2H3. The minimum Gasteiger partial charge on any atom is -0.497 e. The third-order valence-corrected chi connectivity index (χ3v) is 2.13. The maximum atomic E-state index is 5.52. The summed E-state index contributed by atoms with van der Waals surface area (Å²) in [6, 6.07) is 5.98. The zero-order valence-electron chi connectivity index (χ0n) is 8.75. The van der Waals surface area contributed by atoms with Crippen LogP contribution in [0.1, 0.15) is 11.1 Å². The molecular formula is C11H17NO2. The Kier molecular flexibility index (Phi) is 4.43. The number of hydrogen-bond donors (Lipinski definition) is 1. The van der Waals surface area contributed by atoms with Crippen LogP contribution in [0.3, 0.4) is 0 Å². The molecule has 14 heavy (non-hydrogen) atoms. The van der Waals surface area contributed by atoms with Gasteiger partial charge in [0.2, 0.25) is 0 Å². The zero-order chi connectivity index (χ0) is 10.4. The summed E-state index contributed by atoms with van der Waals surface area (Å²) in [5, 5.41) is 0. The van der Waals surface area contributed by atoms with Gasteiger partial charge in [-0.3, -0.25) is 0 Å². The molecule has 3 heteroatoms. The lowest BCUT2D eigenvalue weighted by molar-refractivity contribution is 0.184. The highest BCUT2D eigenvalue weighted by Crippen LogP contribution is 2.18. The molecule has 0 amide bonds. The summed E-state index contributed by atoms with van der Waals surface area (Å²) in [6.07, 6.45) is 0.878. The monoisotopic (exact) mass is 195 g/mol. The van der Waals surface area contributed by atoms with E-state index >= 15 is 0 Å². The van der Waals surface area contributed by atoms with Gasteiger partial charge in [-0.25, -0.2) is 0 Å². The zero-order valence-corrected chi connectivity index (χ0v) is 8.75. The third kappa shape index (κ3) is 2.72. The summed E-state index contributed by atoms with van der Waals surface area (Å²) < 4.78 is 10.3. The summed E-state index contributed by atoms with van der Waals surface area (Å²) in [7, 11) is 3.35. The van der Waals surface area contributed by atoms with Crippen molar-refractivity contribution in [3.8, 4) is 5.75 Å². The highest BCUT2D eigenvalue weighted by atomic mass is 16.5. The Morgan fingerprint density at radius 2 is 2.00 bits per heavy atom. The smallest absolute Gasteiger partial charge is 0.119 e. The van der Waals surface area contributed by atoms with E-state index in [-0.39, 0.29) is 0 Å². The second kappa shape index (κ2) is 5.62. The summed E-state index contributed by atoms with van der Waals surface area (Å²) in [4.78, 5) is 0. The molecule has 1 aromatic rings. The number of rotatable bonds is 5. The minimum atomic E-state index is 0.604. The van der Waals surface area contributed by atoms with Gasteiger partial charge in [0.05, 0.1) is 13.7 Å². The predicted molar refractivity (Wildman–Crippen MR) is 56.5 cm³/mol. The first kappa shape index (κ1) is 11.0. The molecule has 0 heterocycles. The fourth-order valence-corrected chi connectivity index (χ4v) is 1.42. The normalized spacial score (nSPS) is 10.2. The molecule has 1 aromatic carbocycles. The van der Waals surface area contributed by atoms with Gasteiger partial charge in [0, 0.05) is 7.11 Å². The molecular weight excluding hydrogens is 178 g/mol. The van der Waals surface area contributed by atoms with Gasteiger partial charge in [0.15, 0.2) is 0 Å². The number of benzene rings is 1. The van der Waals surface area contributed by atoms with E-state index in [1.165, 1.54) is 5.56 Å². The summed E-state index contributed by atoms with van der Waals surface area (Å²) in [6.45, 7) is 1.26. The SMILES string of the molecule is COCc1cc(OC)ccc1CCN. The Balaban J connectivity index is 2.91. The van der Waals surface area contributed by atoms with E-state index in [4.69, 9.17) is 15.2 Å². The van der Waals surface area contributed by atoms with Crippen molar-refractivity contribution in [3.63, 3.8) is 0 Å². The van der Waals surface area contributed by atoms with Gasteiger partial charge in [0.1, 0.15) is 5.75 Å². The van der Waals surface area contributed by atoms with Crippen molar-refractivity contribution in [3.05, 3.63) is 29.3 Å². The summed E-state index contributed by atoms with van der Waals surface area (Å²) in [5.74, 6) is 0.859. The molecule has 3 nitrogen and oxygen atoms in total. The van der Waals surface area contributed by atoms with Gasteiger partial charge in [0.25, 0.3) is 0 Å². The molecule has 1 rings (SSSR count). The molecule has 2 N–H and O–H groups in total. The average Bonchev–Trinajstić information content (AvgIpc) is 2.21. The predicted octanol–water partition coefficient (Wildman–Crippen LogP) is 1.34. The van der Waals surface area contributed by atoms with E-state index < -0.39 is 0 Å². The average molecular weight is 195 g/mol. The highest BCUT2D eigenvalue weighted by Gasteiger charge is 2.03. The van der Waals surface area contributed by atoms with E-state index in [1.54, 1.807) is 14.2 Å². The van der Waals surface area contributed by atoms with Gasteiger partial charge >= 0.3 is 0 Å². The highest BCUT2D eigenvalue weighted by molar-refractivity contribution is 5.35. The lowest BCUT2D eigenvalue weighted by Gasteiger charge is -2.09. The summed E-state index contributed by atoms with van der Waals surface area (Å²) >= 11 is 0. The summed E-state index contributed by atoms with van der Waals surface area (Å²) in [5.41, 5.74) is 7.91. The maximum Gasteiger partial charge on any atom is 0.119 e. The van der Waals surface area contributed by atoms with Crippen LogP contribution in [0.25, 0.3) is 0 Å². The van der Waals surface area contributed by atoms with Crippen LogP contribution in [-0.2, 0) is 17.8 Å². The van der Waals surface area contributed by atoms with Gasteiger partial charge in [-0.2, -0.15) is 0 Å². The van der Waals surface area contributed by atoms with Gasteiger partial charge in [-0.05, 0) is 36.2 Å². The van der Waals surface area contributed by atoms with Gasteiger partial charge < -0.3 is 15.2 Å². The Labute approximate surface area is 84.8 Å². The third-order valence-electron chi connectivity index (χ3n) is 2.13. The molecule has 0 fully saturated rings. The van der Waals surface area contributed by atoms with Crippen LogP contribution in [0, 0.1) is 0 Å². The molecule has 0 unspecified atom stereocenters. The minimum absolute atomic E-state index is 0.604. The van der Waals surface area contributed by atoms with Crippen molar-refractivity contribution in [1.82, 2.24) is 0 Å². The Bertz CT molecular complexity index is 287. The van der Waals surface area contributed by atoms with Crippen molar-refractivity contribution in [2.45, 2.75) is 13.0 Å². The van der Waals surface area contributed by atoms with E-state index in [0.29, 0.717) is 13.2 Å². The van der Waals surface area contributed by atoms with E-state index in [0.717, 1.165) is 17.7 Å². The van der Waals surface area contributed by atoms with Crippen molar-refractivity contribution in [2.24, 2.45) is 5.73 Å². The molecule has 0 bridgehead atoms. The van der Waals surface area contributed by atoms with Crippen LogP contribution < -0.4 is 10.5 Å². The number of nitrogens with two attached hydrogens (primary N) is 1. The lowest BCUT2D eigenvalue weighted by atomic mass is 10.0. The Hall–Kier alpha value is -1.06. The largest absolute Gasteiger partial charge is 0.497 e. The number of hydrogen-bond acceptors (Lipinski definition) is 3. The van der Waals surface area contributed by atoms with E-state index in [2.05, 4.69) is 0 Å². The Morgan fingerprint density at radius 3 is 2.57 bits per heavy atom. The molecule has 0 aliphatic carbocycles. The van der Waals surface area contributed by atoms with Crippen molar-refractivity contribution >= 4 is 0 Å². The quantitative estimate of drug-likeness (QED) is 0.771. The lowest BCUT2D eigenvalue weighted by Crippen LogP contribution is -2.06. The van der Waals surface area contributed by atoms with Crippen LogP contribution in [-0.4, -0.2) is 20.8 Å². The molecule has 0 saturated heterocycles. The van der Waals surface area contributed by atoms with Crippen molar-refractivity contribution in [1.29, 1.82) is 0 Å². The second-order valence-electron chi connectivity index (χ2n) is 3.11. The van der Waals surface area contributed by atoms with E-state index in [1.807, 2.05) is 18.2 Å². The molecule has 0 aliphatic heterocycles. The van der Waals surface area contributed by atoms with Crippen molar-refractivity contribution < 1.29 is 9.47 Å². The molecule has 0 atom stereocenters. The van der Waals surface area contributed by atoms with Gasteiger partial charge in [-0.1, -0.05) is 6.07 Å². The molecule has 0 aromatic heterocycles. The Morgan fingerprint density at radius 1 is 1.21 bits per heavy atom. The molecule has 78 valence electrons. The van der Waals surface area contributed by atoms with Crippen molar-refractivity contribution in [2.75, 3.05) is 20.8 Å². The second-order valence-corrected chi connectivity index (χ2v) is 3.11. The first-order valence-corrected chi connectivity index (χ1v) is 4.66. The van der Waals surface area contributed by atoms with Gasteiger partial charge in [-0.15, -0.1) is 0 Å². The fraction of sp³-hybridized carbons (Fsp3) is 0.455. The molecule has 0 aliphatic rings. The van der Waals surface area contributed by atoms with Crippen LogP contribution >= 0.6 is 0 Å². The van der Waals surface area contributed by atoms with Crippen LogP contribution in [0.5, 0.6) is 5.75 Å². The number of methoxy groups -OCH3 is 2. The van der Waals surface area contributed by atoms with E-state index in [9.17, 15) is 0 Å². The fourth-order valence-electron chi connectivity index (χ4n) is 1.42. The molecule has 0 spiro atoms. The van der Waals surface area contributed by atoms with Crippen LogP contribution in [0.4, 0.5) is 0 Å². The van der Waals surface area contributed by atoms with Crippen LogP contribution in [0.15, 0.2) is 18.2 Å². The topological polar surface area (TPSA) is 44.5 Å². The van der Waals surface area contributed by atoms with Crippen LogP contribution in [0.2, 0.25) is 0 Å². The first-order chi connectivity index (χ1) is 6.81. The first-order valence-electron chi connectivity index (χ1n) is 4.66. The maximum absolute atomic E-state index is 5.52.